The van der Waals surface area contributed by atoms with Crippen molar-refractivity contribution in [2.24, 2.45) is 0 Å². The number of anilines is 1. The summed E-state index contributed by atoms with van der Waals surface area (Å²) in [5, 5.41) is 4.26. The van der Waals surface area contributed by atoms with Crippen LogP contribution in [0.5, 0.6) is 0 Å². The molecule has 0 fully saturated rings. The summed E-state index contributed by atoms with van der Waals surface area (Å²) in [6.45, 7) is 1.01. The van der Waals surface area contributed by atoms with Crippen LogP contribution in [-0.4, -0.2) is 37.6 Å². The van der Waals surface area contributed by atoms with E-state index >= 15 is 0 Å². The zero-order valence-electron chi connectivity index (χ0n) is 13.3. The monoisotopic (exact) mass is 295 g/mol. The number of furan rings is 1. The number of nitrogens with zero attached hydrogens (tertiary/aromatic N) is 2. The van der Waals surface area contributed by atoms with Crippen molar-refractivity contribution in [3.8, 4) is 11.3 Å². The van der Waals surface area contributed by atoms with Gasteiger partial charge in [-0.2, -0.15) is 0 Å². The zero-order valence-corrected chi connectivity index (χ0v) is 13.3. The van der Waals surface area contributed by atoms with E-state index < -0.39 is 0 Å². The lowest BCUT2D eigenvalue weighted by molar-refractivity contribution is 0.413. The van der Waals surface area contributed by atoms with Gasteiger partial charge in [0.15, 0.2) is 0 Å². The van der Waals surface area contributed by atoms with Crippen LogP contribution in [0.25, 0.3) is 22.2 Å². The molecule has 0 bridgehead atoms. The molecule has 4 heteroatoms. The Balaban J connectivity index is 1.98. The summed E-state index contributed by atoms with van der Waals surface area (Å²) in [5.41, 5.74) is 4.25. The summed E-state index contributed by atoms with van der Waals surface area (Å²) in [5.74, 6) is 0.873. The van der Waals surface area contributed by atoms with Gasteiger partial charge in [-0.05, 0) is 56.4 Å². The van der Waals surface area contributed by atoms with E-state index in [1.54, 1.807) is 0 Å². The minimum Gasteiger partial charge on any atom is -0.464 e. The van der Waals surface area contributed by atoms with Gasteiger partial charge in [-0.15, -0.1) is 0 Å². The van der Waals surface area contributed by atoms with Gasteiger partial charge >= 0.3 is 0 Å². The smallest absolute Gasteiger partial charge is 0.134 e. The van der Waals surface area contributed by atoms with Crippen LogP contribution in [0.3, 0.4) is 0 Å². The highest BCUT2D eigenvalue weighted by molar-refractivity contribution is 5.86. The normalized spacial score (nSPS) is 11.3. The molecule has 1 N–H and O–H groups in total. The molecule has 4 nitrogen and oxygen atoms in total. The van der Waals surface area contributed by atoms with Crippen LogP contribution in [0.15, 0.2) is 47.1 Å². The highest BCUT2D eigenvalue weighted by atomic mass is 16.3. The topological polar surface area (TPSA) is 41.3 Å². The molecule has 0 spiro atoms. The quantitative estimate of drug-likeness (QED) is 0.780. The highest BCUT2D eigenvalue weighted by Crippen LogP contribution is 2.28. The number of aromatic nitrogens is 1. The molecule has 0 saturated heterocycles. The SMILES string of the molecule is CNc1cccc(-c2ccc3occ(CCN(C)C)c3c2)n1. The van der Waals surface area contributed by atoms with Crippen molar-refractivity contribution in [3.63, 3.8) is 0 Å². The van der Waals surface area contributed by atoms with Crippen molar-refractivity contribution < 1.29 is 4.42 Å². The second-order valence-corrected chi connectivity index (χ2v) is 5.68. The third-order valence-corrected chi connectivity index (χ3v) is 3.78. The van der Waals surface area contributed by atoms with Crippen LogP contribution >= 0.6 is 0 Å². The molecule has 0 amide bonds. The van der Waals surface area contributed by atoms with Crippen molar-refractivity contribution in [1.82, 2.24) is 9.88 Å². The number of pyridine rings is 1. The maximum absolute atomic E-state index is 5.67. The summed E-state index contributed by atoms with van der Waals surface area (Å²) in [6.07, 6.45) is 2.85. The van der Waals surface area contributed by atoms with Gasteiger partial charge < -0.3 is 14.6 Å². The Labute approximate surface area is 130 Å². The van der Waals surface area contributed by atoms with Gasteiger partial charge in [-0.25, -0.2) is 4.98 Å². The Morgan fingerprint density at radius 3 is 2.82 bits per heavy atom. The van der Waals surface area contributed by atoms with Crippen LogP contribution in [0.2, 0.25) is 0 Å². The highest BCUT2D eigenvalue weighted by Gasteiger charge is 2.09. The molecule has 3 aromatic rings. The summed E-state index contributed by atoms with van der Waals surface area (Å²) in [7, 11) is 6.05. The third-order valence-electron chi connectivity index (χ3n) is 3.78. The molecule has 0 radical (unpaired) electrons. The average molecular weight is 295 g/mol. The van der Waals surface area contributed by atoms with E-state index in [1.165, 1.54) is 10.9 Å². The fourth-order valence-electron chi connectivity index (χ4n) is 2.51. The van der Waals surface area contributed by atoms with Gasteiger partial charge in [-0.3, -0.25) is 0 Å². The molecule has 0 aliphatic carbocycles. The minimum absolute atomic E-state index is 0.873. The summed E-state index contributed by atoms with van der Waals surface area (Å²) in [6, 6.07) is 12.3. The predicted octanol–water partition coefficient (Wildman–Crippen LogP) is 3.64. The first-order valence-electron chi connectivity index (χ1n) is 7.47. The summed E-state index contributed by atoms with van der Waals surface area (Å²) in [4.78, 5) is 6.79. The number of rotatable bonds is 5. The Morgan fingerprint density at radius 2 is 2.05 bits per heavy atom. The van der Waals surface area contributed by atoms with Gasteiger partial charge in [0.25, 0.3) is 0 Å². The average Bonchev–Trinajstić information content (AvgIpc) is 2.95. The third kappa shape index (κ3) is 2.97. The minimum atomic E-state index is 0.873. The Bertz CT molecular complexity index is 777. The summed E-state index contributed by atoms with van der Waals surface area (Å²) >= 11 is 0. The lowest BCUT2D eigenvalue weighted by Crippen LogP contribution is -2.14. The lowest BCUT2D eigenvalue weighted by Gasteiger charge is -2.08. The van der Waals surface area contributed by atoms with Crippen molar-refractivity contribution in [2.75, 3.05) is 33.0 Å². The maximum Gasteiger partial charge on any atom is 0.134 e. The molecule has 2 heterocycles. The predicted molar refractivity (Wildman–Crippen MR) is 91.2 cm³/mol. The number of nitrogens with one attached hydrogen (secondary N) is 1. The molecule has 114 valence electrons. The second-order valence-electron chi connectivity index (χ2n) is 5.68. The van der Waals surface area contributed by atoms with E-state index in [9.17, 15) is 0 Å². The molecule has 3 rings (SSSR count). The van der Waals surface area contributed by atoms with E-state index in [0.717, 1.165) is 35.6 Å². The molecule has 1 aromatic carbocycles. The van der Waals surface area contributed by atoms with Gasteiger partial charge in [-0.1, -0.05) is 6.07 Å². The second kappa shape index (κ2) is 6.20. The number of likely N-dealkylation sites (N-methyl/N-ethyl adjacent to an activating group) is 1. The first kappa shape index (κ1) is 14.6. The Kier molecular flexibility index (Phi) is 4.11. The molecule has 22 heavy (non-hydrogen) atoms. The van der Waals surface area contributed by atoms with Gasteiger partial charge in [0.2, 0.25) is 0 Å². The molecule has 0 aliphatic rings. The fraction of sp³-hybridized carbons (Fsp3) is 0.278. The molecule has 0 aliphatic heterocycles. The van der Waals surface area contributed by atoms with Gasteiger partial charge in [0, 0.05) is 24.5 Å². The number of hydrogen-bond donors (Lipinski definition) is 1. The Morgan fingerprint density at radius 1 is 1.18 bits per heavy atom. The fourth-order valence-corrected chi connectivity index (χ4v) is 2.51. The molecule has 0 saturated carbocycles. The maximum atomic E-state index is 5.67. The number of hydrogen-bond acceptors (Lipinski definition) is 4. The van der Waals surface area contributed by atoms with Crippen LogP contribution < -0.4 is 5.32 Å². The zero-order chi connectivity index (χ0) is 15.5. The van der Waals surface area contributed by atoms with Crippen LogP contribution in [0.1, 0.15) is 5.56 Å². The van der Waals surface area contributed by atoms with Gasteiger partial charge in [0.05, 0.1) is 12.0 Å². The van der Waals surface area contributed by atoms with E-state index in [0.29, 0.717) is 0 Å². The van der Waals surface area contributed by atoms with Crippen molar-refractivity contribution in [3.05, 3.63) is 48.2 Å². The number of benzene rings is 1. The van der Waals surface area contributed by atoms with Crippen LogP contribution in [0, 0.1) is 0 Å². The Hall–Kier alpha value is -2.33. The van der Waals surface area contributed by atoms with E-state index in [-0.39, 0.29) is 0 Å². The number of fused-ring (bicyclic) bond motifs is 1. The van der Waals surface area contributed by atoms with Crippen molar-refractivity contribution in [2.45, 2.75) is 6.42 Å². The first-order valence-corrected chi connectivity index (χ1v) is 7.47. The van der Waals surface area contributed by atoms with E-state index in [4.69, 9.17) is 4.42 Å². The molecular weight excluding hydrogens is 274 g/mol. The standard InChI is InChI=1S/C18H21N3O/c1-19-18-6-4-5-16(20-18)13-7-8-17-15(11-13)14(12-22-17)9-10-21(2)3/h4-8,11-12H,9-10H2,1-3H3,(H,19,20). The van der Waals surface area contributed by atoms with Crippen LogP contribution in [0.4, 0.5) is 5.82 Å². The van der Waals surface area contributed by atoms with E-state index in [2.05, 4.69) is 41.4 Å². The van der Waals surface area contributed by atoms with Gasteiger partial charge in [0.1, 0.15) is 11.4 Å². The van der Waals surface area contributed by atoms with Crippen molar-refractivity contribution in [1.29, 1.82) is 0 Å². The lowest BCUT2D eigenvalue weighted by atomic mass is 10.0. The first-order chi connectivity index (χ1) is 10.7. The molecule has 2 aromatic heterocycles. The molecule has 0 unspecified atom stereocenters. The molecular formula is C18H21N3O. The van der Waals surface area contributed by atoms with Crippen LogP contribution in [-0.2, 0) is 6.42 Å². The largest absolute Gasteiger partial charge is 0.464 e. The van der Waals surface area contributed by atoms with E-state index in [1.807, 2.05) is 37.6 Å². The van der Waals surface area contributed by atoms with Crippen molar-refractivity contribution >= 4 is 16.8 Å². The molecule has 0 atom stereocenters. The summed E-state index contributed by atoms with van der Waals surface area (Å²) < 4.78 is 5.67.